The molecule has 0 aliphatic carbocycles. The number of rotatable bonds is 3. The van der Waals surface area contributed by atoms with Crippen LogP contribution in [0, 0.1) is 0 Å². The van der Waals surface area contributed by atoms with Gasteiger partial charge in [0, 0.05) is 6.08 Å². The summed E-state index contributed by atoms with van der Waals surface area (Å²) < 4.78 is 80.8. The van der Waals surface area contributed by atoms with Crippen molar-refractivity contribution in [2.75, 3.05) is 14.2 Å². The monoisotopic (exact) mass is 254 g/mol. The molecule has 0 atom stereocenters. The zero-order chi connectivity index (χ0) is 13.2. The van der Waals surface area contributed by atoms with Gasteiger partial charge in [-0.25, -0.2) is 0 Å². The summed E-state index contributed by atoms with van der Waals surface area (Å²) in [6, 6.07) is 0. The number of hydrogen-bond donors (Lipinski definition) is 1. The van der Waals surface area contributed by atoms with Crippen molar-refractivity contribution in [2.45, 2.75) is 18.0 Å². The Labute approximate surface area is 86.3 Å². The molecule has 9 heteroatoms. The Kier molecular flexibility index (Phi) is 4.09. The van der Waals surface area contributed by atoms with Crippen LogP contribution in [0.25, 0.3) is 0 Å². The van der Waals surface area contributed by atoms with Gasteiger partial charge in [-0.05, 0) is 0 Å². The molecule has 3 nitrogen and oxygen atoms in total. The maximum Gasteiger partial charge on any atom is 0.430 e. The molecule has 0 aromatic carbocycles. The molecule has 16 heavy (non-hydrogen) atoms. The molecule has 0 aromatic heterocycles. The predicted octanol–water partition coefficient (Wildman–Crippen LogP) is 1.98. The van der Waals surface area contributed by atoms with Crippen molar-refractivity contribution in [2.24, 2.45) is 0 Å². The summed E-state index contributed by atoms with van der Waals surface area (Å²) in [5, 5.41) is 8.63. The molecule has 0 fully saturated rings. The second-order valence-corrected chi connectivity index (χ2v) is 2.63. The molecule has 0 bridgehead atoms. The molecule has 0 saturated carbocycles. The maximum atomic E-state index is 12.1. The number of ether oxygens (including phenoxy) is 2. The average Bonchev–Trinajstić information content (AvgIpc) is 2.10. The number of aliphatic hydroxyl groups is 1. The van der Waals surface area contributed by atoms with Crippen LogP contribution in [0.5, 0.6) is 0 Å². The van der Waals surface area contributed by atoms with E-state index in [1.165, 1.54) is 0 Å². The highest BCUT2D eigenvalue weighted by Crippen LogP contribution is 2.44. The van der Waals surface area contributed by atoms with E-state index in [9.17, 15) is 26.3 Å². The van der Waals surface area contributed by atoms with Gasteiger partial charge < -0.3 is 14.6 Å². The van der Waals surface area contributed by atoms with Crippen LogP contribution >= 0.6 is 0 Å². The lowest BCUT2D eigenvalue weighted by Crippen LogP contribution is -2.55. The fraction of sp³-hybridized carbons (Fsp3) is 0.714. The van der Waals surface area contributed by atoms with Crippen LogP contribution in [0.15, 0.2) is 12.0 Å². The van der Waals surface area contributed by atoms with Crippen LogP contribution in [0.1, 0.15) is 0 Å². The van der Waals surface area contributed by atoms with Crippen LogP contribution in [0.4, 0.5) is 26.3 Å². The van der Waals surface area contributed by atoms with Crippen LogP contribution in [0.3, 0.4) is 0 Å². The van der Waals surface area contributed by atoms with Crippen molar-refractivity contribution in [3.05, 3.63) is 12.0 Å². The molecule has 0 aliphatic rings. The second-order valence-electron chi connectivity index (χ2n) is 2.63. The normalized spacial score (nSPS) is 13.3. The third kappa shape index (κ3) is 2.71. The third-order valence-corrected chi connectivity index (χ3v) is 1.59. The van der Waals surface area contributed by atoms with E-state index >= 15 is 0 Å². The lowest BCUT2D eigenvalue weighted by atomic mass is 10.0. The molecule has 0 radical (unpaired) electrons. The molecule has 1 N–H and O–H groups in total. The molecule has 96 valence electrons. The molecular formula is C7H8F6O3. The van der Waals surface area contributed by atoms with Crippen LogP contribution in [-0.4, -0.2) is 37.3 Å². The first-order valence-corrected chi connectivity index (χ1v) is 3.66. The minimum absolute atomic E-state index is 0.590. The van der Waals surface area contributed by atoms with Gasteiger partial charge in [-0.1, -0.05) is 0 Å². The average molecular weight is 254 g/mol. The van der Waals surface area contributed by atoms with Crippen molar-refractivity contribution < 1.29 is 40.9 Å². The topological polar surface area (TPSA) is 38.7 Å². The number of halogens is 6. The summed E-state index contributed by atoms with van der Waals surface area (Å²) in [5.41, 5.74) is -5.01. The molecule has 0 saturated heterocycles. The smallest absolute Gasteiger partial charge is 0.430 e. The van der Waals surface area contributed by atoms with E-state index in [1.807, 2.05) is 0 Å². The minimum Gasteiger partial charge on any atom is -0.469 e. The van der Waals surface area contributed by atoms with Crippen molar-refractivity contribution in [3.63, 3.8) is 0 Å². The van der Waals surface area contributed by atoms with Gasteiger partial charge in [0.2, 0.25) is 0 Å². The molecular weight excluding hydrogens is 246 g/mol. The molecule has 0 rings (SSSR count). The van der Waals surface area contributed by atoms with Crippen molar-refractivity contribution in [1.82, 2.24) is 0 Å². The molecule has 0 unspecified atom stereocenters. The van der Waals surface area contributed by atoms with E-state index in [0.29, 0.717) is 0 Å². The number of hydrogen-bond acceptors (Lipinski definition) is 3. The Balaban J connectivity index is 5.53. The van der Waals surface area contributed by atoms with E-state index < -0.39 is 30.0 Å². The van der Waals surface area contributed by atoms with Gasteiger partial charge in [0.25, 0.3) is 11.5 Å². The Morgan fingerprint density at radius 2 is 1.25 bits per heavy atom. The van der Waals surface area contributed by atoms with Crippen LogP contribution < -0.4 is 0 Å². The summed E-state index contributed by atoms with van der Waals surface area (Å²) >= 11 is 0. The largest absolute Gasteiger partial charge is 0.469 e. The van der Waals surface area contributed by atoms with Gasteiger partial charge in [0.15, 0.2) is 0 Å². The van der Waals surface area contributed by atoms with Gasteiger partial charge in [-0.3, -0.25) is 0 Å². The first-order valence-electron chi connectivity index (χ1n) is 3.66. The van der Waals surface area contributed by atoms with Gasteiger partial charge in [-0.2, -0.15) is 26.3 Å². The molecule has 0 amide bonds. The molecule has 0 spiro atoms. The molecule has 0 aromatic rings. The second kappa shape index (κ2) is 4.40. The minimum atomic E-state index is -5.94. The summed E-state index contributed by atoms with van der Waals surface area (Å²) in [4.78, 5) is 0. The van der Waals surface area contributed by atoms with Gasteiger partial charge in [0.05, 0.1) is 14.2 Å². The molecule has 0 aliphatic heterocycles. The van der Waals surface area contributed by atoms with Crippen molar-refractivity contribution in [1.29, 1.82) is 0 Å². The van der Waals surface area contributed by atoms with Gasteiger partial charge in [0.1, 0.15) is 0 Å². The fourth-order valence-corrected chi connectivity index (χ4v) is 0.696. The summed E-state index contributed by atoms with van der Waals surface area (Å²) in [6.45, 7) is 0. The lowest BCUT2D eigenvalue weighted by Gasteiger charge is -2.29. The van der Waals surface area contributed by atoms with E-state index in [1.54, 1.807) is 0 Å². The zero-order valence-corrected chi connectivity index (χ0v) is 8.11. The fourth-order valence-electron chi connectivity index (χ4n) is 0.696. The Bertz CT molecular complexity index is 246. The van der Waals surface area contributed by atoms with E-state index in [-0.39, 0.29) is 0 Å². The first-order chi connectivity index (χ1) is 6.99. The highest BCUT2D eigenvalue weighted by Gasteiger charge is 2.70. The predicted molar refractivity (Wildman–Crippen MR) is 39.2 cm³/mol. The maximum absolute atomic E-state index is 12.1. The summed E-state index contributed by atoms with van der Waals surface area (Å²) in [6.07, 6.45) is -12.5. The van der Waals surface area contributed by atoms with E-state index in [4.69, 9.17) is 5.11 Å². The van der Waals surface area contributed by atoms with Crippen molar-refractivity contribution >= 4 is 0 Å². The number of alkyl halides is 6. The highest BCUT2D eigenvalue weighted by atomic mass is 19.4. The zero-order valence-electron chi connectivity index (χ0n) is 8.11. The Hall–Kier alpha value is -1.12. The summed E-state index contributed by atoms with van der Waals surface area (Å²) in [7, 11) is 1.59. The Morgan fingerprint density at radius 1 is 0.938 bits per heavy atom. The summed E-state index contributed by atoms with van der Waals surface area (Å²) in [5.74, 6) is -1.10. The number of methoxy groups -OCH3 is 2. The van der Waals surface area contributed by atoms with Crippen LogP contribution in [-0.2, 0) is 9.47 Å². The van der Waals surface area contributed by atoms with Gasteiger partial charge in [-0.15, -0.1) is 0 Å². The van der Waals surface area contributed by atoms with E-state index in [0.717, 1.165) is 14.2 Å². The van der Waals surface area contributed by atoms with Crippen LogP contribution in [0.2, 0.25) is 0 Å². The van der Waals surface area contributed by atoms with Crippen molar-refractivity contribution in [3.8, 4) is 0 Å². The molecule has 0 heterocycles. The first kappa shape index (κ1) is 14.9. The SMILES string of the molecule is COC(=CC(O)(C(F)(F)F)C(F)(F)F)OC. The quantitative estimate of drug-likeness (QED) is 0.618. The Morgan fingerprint density at radius 3 is 1.44 bits per heavy atom. The highest BCUT2D eigenvalue weighted by molar-refractivity contribution is 5.11. The van der Waals surface area contributed by atoms with Gasteiger partial charge >= 0.3 is 12.4 Å². The van der Waals surface area contributed by atoms with E-state index in [2.05, 4.69) is 9.47 Å². The lowest BCUT2D eigenvalue weighted by molar-refractivity contribution is -0.348. The standard InChI is InChI=1S/C7H8F6O3/c1-15-4(16-2)3-5(14,6(8,9)10)7(11,12)13/h3,14H,1-2H3. The third-order valence-electron chi connectivity index (χ3n) is 1.59.